The second-order valence-corrected chi connectivity index (χ2v) is 11.1. The highest BCUT2D eigenvalue weighted by Crippen LogP contribution is 2.41. The molecule has 5 aromatic carbocycles. The summed E-state index contributed by atoms with van der Waals surface area (Å²) in [5, 5.41) is 5.17. The molecular formula is C38H36N2. The van der Waals surface area contributed by atoms with Crippen molar-refractivity contribution in [2.45, 2.75) is 51.9 Å². The Labute approximate surface area is 236 Å². The molecule has 0 aliphatic heterocycles. The summed E-state index contributed by atoms with van der Waals surface area (Å²) in [7, 11) is 0. The average molecular weight is 521 g/mol. The Bertz CT molecular complexity index is 1940. The van der Waals surface area contributed by atoms with Crippen LogP contribution in [0.4, 0.5) is 0 Å². The van der Waals surface area contributed by atoms with Crippen molar-refractivity contribution < 1.29 is 0 Å². The summed E-state index contributed by atoms with van der Waals surface area (Å²) in [5.74, 6) is 0. The Morgan fingerprint density at radius 1 is 0.450 bits per heavy atom. The first-order valence-electron chi connectivity index (χ1n) is 14.9. The molecule has 0 N–H and O–H groups in total. The number of unbranched alkanes of at least 4 members (excludes halogenated alkanes) is 5. The molecule has 7 aromatic rings. The average Bonchev–Trinajstić information content (AvgIpc) is 3.53. The van der Waals surface area contributed by atoms with Crippen molar-refractivity contribution in [3.63, 3.8) is 0 Å². The second-order valence-electron chi connectivity index (χ2n) is 11.1. The minimum absolute atomic E-state index is 1.14. The van der Waals surface area contributed by atoms with Crippen LogP contribution in [-0.4, -0.2) is 9.13 Å². The van der Waals surface area contributed by atoms with Crippen LogP contribution in [0.25, 0.3) is 55.0 Å². The lowest BCUT2D eigenvalue weighted by molar-refractivity contribution is 0.607. The Hall–Kier alpha value is -4.30. The van der Waals surface area contributed by atoms with Gasteiger partial charge in [0.2, 0.25) is 0 Å². The zero-order valence-corrected chi connectivity index (χ0v) is 23.3. The van der Waals surface area contributed by atoms with Crippen molar-refractivity contribution >= 4 is 43.6 Å². The van der Waals surface area contributed by atoms with Crippen molar-refractivity contribution in [2.24, 2.45) is 0 Å². The smallest absolute Gasteiger partial charge is 0.0788 e. The van der Waals surface area contributed by atoms with Gasteiger partial charge in [0.25, 0.3) is 0 Å². The predicted molar refractivity (Wildman–Crippen MR) is 172 cm³/mol. The van der Waals surface area contributed by atoms with E-state index in [0.29, 0.717) is 0 Å². The summed E-state index contributed by atoms with van der Waals surface area (Å²) in [6.45, 7) is 2.29. The molecule has 0 aliphatic rings. The second kappa shape index (κ2) is 10.7. The van der Waals surface area contributed by atoms with Crippen LogP contribution >= 0.6 is 0 Å². The van der Waals surface area contributed by atoms with Crippen molar-refractivity contribution in [1.82, 2.24) is 9.13 Å². The number of hydrogen-bond acceptors (Lipinski definition) is 0. The number of aryl methyl sites for hydroxylation is 1. The Balaban J connectivity index is 1.47. The fourth-order valence-electron chi connectivity index (χ4n) is 6.57. The fourth-order valence-corrected chi connectivity index (χ4v) is 6.57. The lowest BCUT2D eigenvalue weighted by Gasteiger charge is -2.13. The third-order valence-electron chi connectivity index (χ3n) is 8.47. The van der Waals surface area contributed by atoms with Crippen molar-refractivity contribution in [3.05, 3.63) is 121 Å². The molecule has 0 radical (unpaired) electrons. The predicted octanol–water partition coefficient (Wildman–Crippen LogP) is 10.8. The minimum Gasteiger partial charge on any atom is -0.307 e. The highest BCUT2D eigenvalue weighted by Gasteiger charge is 2.20. The van der Waals surface area contributed by atoms with Gasteiger partial charge in [-0.2, -0.15) is 0 Å². The molecule has 0 unspecified atom stereocenters. The van der Waals surface area contributed by atoms with Gasteiger partial charge in [-0.15, -0.1) is 0 Å². The van der Waals surface area contributed by atoms with Gasteiger partial charge in [-0.05, 0) is 54.8 Å². The molecule has 0 spiro atoms. The molecule has 0 saturated heterocycles. The molecular weight excluding hydrogens is 484 g/mol. The topological polar surface area (TPSA) is 9.86 Å². The normalized spacial score (nSPS) is 11.8. The number of fused-ring (bicyclic) bond motifs is 7. The van der Waals surface area contributed by atoms with E-state index in [1.165, 1.54) is 99.1 Å². The number of hydrogen-bond donors (Lipinski definition) is 0. The van der Waals surface area contributed by atoms with Crippen LogP contribution in [0.5, 0.6) is 0 Å². The van der Waals surface area contributed by atoms with Crippen molar-refractivity contribution in [1.29, 1.82) is 0 Å². The SMILES string of the molecule is CCCCCCCCc1cccc(-n2c3ccccc3c3ccc4c5ccccc5n(-c5ccccc5)c4c32)c1. The maximum Gasteiger partial charge on any atom is 0.0788 e. The molecule has 2 heteroatoms. The van der Waals surface area contributed by atoms with Gasteiger partial charge in [-0.1, -0.05) is 118 Å². The molecule has 0 aliphatic carbocycles. The zero-order chi connectivity index (χ0) is 26.9. The number of nitrogens with zero attached hydrogens (tertiary/aromatic N) is 2. The van der Waals surface area contributed by atoms with Crippen LogP contribution in [0.15, 0.2) is 115 Å². The Kier molecular flexibility index (Phi) is 6.61. The summed E-state index contributed by atoms with van der Waals surface area (Å²) < 4.78 is 4.97. The number of benzene rings is 5. The quantitative estimate of drug-likeness (QED) is 0.168. The van der Waals surface area contributed by atoms with E-state index < -0.39 is 0 Å². The molecule has 2 heterocycles. The number of para-hydroxylation sites is 3. The molecule has 198 valence electrons. The summed E-state index contributed by atoms with van der Waals surface area (Å²) in [6, 6.07) is 42.4. The maximum atomic E-state index is 2.51. The molecule has 2 nitrogen and oxygen atoms in total. The van der Waals surface area contributed by atoms with E-state index in [-0.39, 0.29) is 0 Å². The van der Waals surface area contributed by atoms with Gasteiger partial charge in [0.15, 0.2) is 0 Å². The van der Waals surface area contributed by atoms with Gasteiger partial charge in [0.05, 0.1) is 22.1 Å². The lowest BCUT2D eigenvalue weighted by Crippen LogP contribution is -1.99. The monoisotopic (exact) mass is 520 g/mol. The summed E-state index contributed by atoms with van der Waals surface area (Å²) in [4.78, 5) is 0. The van der Waals surface area contributed by atoms with Crippen LogP contribution < -0.4 is 0 Å². The Morgan fingerprint density at radius 3 is 1.68 bits per heavy atom. The van der Waals surface area contributed by atoms with Gasteiger partial charge < -0.3 is 9.13 Å². The van der Waals surface area contributed by atoms with Gasteiger partial charge in [-0.3, -0.25) is 0 Å². The van der Waals surface area contributed by atoms with E-state index in [1.54, 1.807) is 0 Å². The van der Waals surface area contributed by atoms with Crippen molar-refractivity contribution in [3.8, 4) is 11.4 Å². The van der Waals surface area contributed by atoms with Gasteiger partial charge in [0, 0.05) is 32.9 Å². The van der Waals surface area contributed by atoms with Crippen LogP contribution in [0.3, 0.4) is 0 Å². The summed E-state index contributed by atoms with van der Waals surface area (Å²) in [5.41, 5.74) is 8.89. The van der Waals surface area contributed by atoms with Crippen molar-refractivity contribution in [2.75, 3.05) is 0 Å². The lowest BCUT2D eigenvalue weighted by atomic mass is 10.0. The highest BCUT2D eigenvalue weighted by molar-refractivity contribution is 6.23. The van der Waals surface area contributed by atoms with E-state index in [1.807, 2.05) is 0 Å². The highest BCUT2D eigenvalue weighted by atomic mass is 15.0. The van der Waals surface area contributed by atoms with Gasteiger partial charge in [0.1, 0.15) is 0 Å². The van der Waals surface area contributed by atoms with Crippen LogP contribution in [0.1, 0.15) is 51.0 Å². The Morgan fingerprint density at radius 2 is 1.00 bits per heavy atom. The van der Waals surface area contributed by atoms with Crippen LogP contribution in [-0.2, 0) is 6.42 Å². The molecule has 40 heavy (non-hydrogen) atoms. The minimum atomic E-state index is 1.14. The van der Waals surface area contributed by atoms with E-state index in [4.69, 9.17) is 0 Å². The summed E-state index contributed by atoms with van der Waals surface area (Å²) in [6.07, 6.45) is 9.08. The molecule has 0 amide bonds. The first kappa shape index (κ1) is 24.7. The molecule has 0 fully saturated rings. The fraction of sp³-hybridized carbons (Fsp3) is 0.211. The molecule has 2 aromatic heterocycles. The first-order chi connectivity index (χ1) is 19.8. The van der Waals surface area contributed by atoms with Crippen LogP contribution in [0, 0.1) is 0 Å². The first-order valence-corrected chi connectivity index (χ1v) is 14.9. The number of rotatable bonds is 9. The van der Waals surface area contributed by atoms with Crippen LogP contribution in [0.2, 0.25) is 0 Å². The van der Waals surface area contributed by atoms with E-state index in [9.17, 15) is 0 Å². The zero-order valence-electron chi connectivity index (χ0n) is 23.3. The molecule has 0 bridgehead atoms. The van der Waals surface area contributed by atoms with E-state index in [2.05, 4.69) is 131 Å². The molecule has 7 rings (SSSR count). The van der Waals surface area contributed by atoms with Gasteiger partial charge >= 0.3 is 0 Å². The maximum absolute atomic E-state index is 2.51. The third-order valence-corrected chi connectivity index (χ3v) is 8.47. The molecule has 0 atom stereocenters. The van der Waals surface area contributed by atoms with E-state index >= 15 is 0 Å². The number of aromatic nitrogens is 2. The summed E-state index contributed by atoms with van der Waals surface area (Å²) >= 11 is 0. The standard InChI is InChI=1S/C38H36N2/c1-2-3-4-5-6-8-16-28-17-15-20-30(27-28)40-36-24-14-12-22-32(36)34-26-25-33-31-21-11-13-23-35(31)39(37(33)38(34)40)29-18-9-7-10-19-29/h7,9-15,17-27H,2-6,8,16H2,1H3. The van der Waals surface area contributed by atoms with Gasteiger partial charge in [-0.25, -0.2) is 0 Å². The largest absolute Gasteiger partial charge is 0.307 e. The third kappa shape index (κ3) is 4.19. The van der Waals surface area contributed by atoms with E-state index in [0.717, 1.165) is 6.42 Å². The molecule has 0 saturated carbocycles.